The second kappa shape index (κ2) is 6.86. The molecule has 2 heterocycles. The van der Waals surface area contributed by atoms with E-state index in [0.717, 1.165) is 4.88 Å². The van der Waals surface area contributed by atoms with Gasteiger partial charge < -0.3 is 10.6 Å². The summed E-state index contributed by atoms with van der Waals surface area (Å²) in [5, 5.41) is 5.89. The number of rotatable bonds is 4. The van der Waals surface area contributed by atoms with E-state index in [-0.39, 0.29) is 23.9 Å². The number of thiophene rings is 1. The molecular formula is C17H16N4O3S. The van der Waals surface area contributed by atoms with Crippen LogP contribution in [-0.2, 0) is 16.1 Å². The highest BCUT2D eigenvalue weighted by molar-refractivity contribution is 7.18. The lowest BCUT2D eigenvalue weighted by Gasteiger charge is -2.08. The molecular weight excluding hydrogens is 340 g/mol. The van der Waals surface area contributed by atoms with Crippen molar-refractivity contribution < 1.29 is 9.59 Å². The Bertz CT molecular complexity index is 1000. The molecule has 0 aliphatic heterocycles. The number of carbonyl (C=O) groups excluding carboxylic acids is 2. The molecule has 0 radical (unpaired) electrons. The molecule has 0 saturated carbocycles. The van der Waals surface area contributed by atoms with E-state index in [4.69, 9.17) is 0 Å². The van der Waals surface area contributed by atoms with Gasteiger partial charge in [0.15, 0.2) is 0 Å². The van der Waals surface area contributed by atoms with Crippen LogP contribution in [-0.4, -0.2) is 21.4 Å². The number of anilines is 2. The largest absolute Gasteiger partial charge is 0.326 e. The fourth-order valence-corrected chi connectivity index (χ4v) is 3.23. The Balaban J connectivity index is 1.71. The lowest BCUT2D eigenvalue weighted by atomic mass is 10.2. The highest BCUT2D eigenvalue weighted by Gasteiger charge is 2.10. The number of carbonyl (C=O) groups is 2. The summed E-state index contributed by atoms with van der Waals surface area (Å²) in [4.78, 5) is 41.4. The smallest absolute Gasteiger partial charge is 0.262 e. The topological polar surface area (TPSA) is 93.1 Å². The van der Waals surface area contributed by atoms with Gasteiger partial charge in [-0.3, -0.25) is 19.0 Å². The molecule has 0 unspecified atom stereocenters. The molecule has 3 aromatic rings. The summed E-state index contributed by atoms with van der Waals surface area (Å²) in [6.07, 6.45) is 1.39. The van der Waals surface area contributed by atoms with Crippen molar-refractivity contribution in [1.82, 2.24) is 9.55 Å². The first-order chi connectivity index (χ1) is 11.9. The zero-order chi connectivity index (χ0) is 18.0. The zero-order valence-corrected chi connectivity index (χ0v) is 14.5. The standard InChI is InChI=1S/C17H16N4O3S/c1-10-7-14-16(25-10)18-9-21(17(14)24)8-15(23)20-13-5-3-12(4-6-13)19-11(2)22/h3-7,9H,8H2,1-2H3,(H,19,22)(H,20,23). The molecule has 1 aromatic carbocycles. The lowest BCUT2D eigenvalue weighted by molar-refractivity contribution is -0.117. The van der Waals surface area contributed by atoms with Crippen molar-refractivity contribution in [2.24, 2.45) is 0 Å². The minimum absolute atomic E-state index is 0.121. The molecule has 0 fully saturated rings. The predicted octanol–water partition coefficient (Wildman–Crippen LogP) is 2.36. The van der Waals surface area contributed by atoms with Gasteiger partial charge in [-0.2, -0.15) is 0 Å². The van der Waals surface area contributed by atoms with Crippen molar-refractivity contribution in [2.75, 3.05) is 10.6 Å². The summed E-state index contributed by atoms with van der Waals surface area (Å²) in [6.45, 7) is 3.21. The molecule has 7 nitrogen and oxygen atoms in total. The van der Waals surface area contributed by atoms with Gasteiger partial charge >= 0.3 is 0 Å². The molecule has 0 saturated heterocycles. The average molecular weight is 356 g/mol. The van der Waals surface area contributed by atoms with Crippen LogP contribution >= 0.6 is 11.3 Å². The molecule has 3 rings (SSSR count). The van der Waals surface area contributed by atoms with E-state index in [1.165, 1.54) is 29.2 Å². The van der Waals surface area contributed by atoms with Crippen molar-refractivity contribution in [3.8, 4) is 0 Å². The van der Waals surface area contributed by atoms with E-state index in [0.29, 0.717) is 21.6 Å². The quantitative estimate of drug-likeness (QED) is 0.750. The Morgan fingerprint density at radius 2 is 1.80 bits per heavy atom. The number of amides is 2. The molecule has 2 N–H and O–H groups in total. The van der Waals surface area contributed by atoms with E-state index in [1.807, 2.05) is 6.92 Å². The van der Waals surface area contributed by atoms with Crippen molar-refractivity contribution >= 4 is 44.7 Å². The summed E-state index contributed by atoms with van der Waals surface area (Å²) in [6, 6.07) is 8.51. The van der Waals surface area contributed by atoms with Crippen LogP contribution in [0.2, 0.25) is 0 Å². The number of nitrogens with one attached hydrogen (secondary N) is 2. The molecule has 2 aromatic heterocycles. The molecule has 0 aliphatic carbocycles. The molecule has 128 valence electrons. The first-order valence-corrected chi connectivity index (χ1v) is 8.37. The second-order valence-electron chi connectivity index (χ2n) is 5.56. The van der Waals surface area contributed by atoms with Crippen LogP contribution in [0.5, 0.6) is 0 Å². The van der Waals surface area contributed by atoms with Gasteiger partial charge in [0.2, 0.25) is 11.8 Å². The SMILES string of the molecule is CC(=O)Nc1ccc(NC(=O)Cn2cnc3sc(C)cc3c2=O)cc1. The van der Waals surface area contributed by atoms with Gasteiger partial charge in [-0.05, 0) is 37.3 Å². The van der Waals surface area contributed by atoms with Crippen LogP contribution in [0.4, 0.5) is 11.4 Å². The Labute approximate surface area is 147 Å². The summed E-state index contributed by atoms with van der Waals surface area (Å²) >= 11 is 1.45. The molecule has 8 heteroatoms. The number of aromatic nitrogens is 2. The van der Waals surface area contributed by atoms with Gasteiger partial charge in [-0.1, -0.05) is 0 Å². The Morgan fingerprint density at radius 3 is 2.44 bits per heavy atom. The van der Waals surface area contributed by atoms with Crippen LogP contribution in [0.3, 0.4) is 0 Å². The fourth-order valence-electron chi connectivity index (χ4n) is 2.39. The third-order valence-corrected chi connectivity index (χ3v) is 4.40. The van der Waals surface area contributed by atoms with E-state index in [2.05, 4.69) is 15.6 Å². The molecule has 25 heavy (non-hydrogen) atoms. The van der Waals surface area contributed by atoms with Gasteiger partial charge in [0.25, 0.3) is 5.56 Å². The Kier molecular flexibility index (Phi) is 4.62. The number of nitrogens with zero attached hydrogens (tertiary/aromatic N) is 2. The number of aryl methyl sites for hydroxylation is 1. The molecule has 2 amide bonds. The van der Waals surface area contributed by atoms with Crippen molar-refractivity contribution in [1.29, 1.82) is 0 Å². The molecule has 0 atom stereocenters. The number of benzene rings is 1. The minimum atomic E-state index is -0.331. The van der Waals surface area contributed by atoms with E-state index in [9.17, 15) is 14.4 Å². The second-order valence-corrected chi connectivity index (χ2v) is 6.79. The maximum absolute atomic E-state index is 12.4. The van der Waals surface area contributed by atoms with E-state index in [1.54, 1.807) is 30.3 Å². The van der Waals surface area contributed by atoms with Crippen LogP contribution in [0, 0.1) is 6.92 Å². The zero-order valence-electron chi connectivity index (χ0n) is 13.7. The molecule has 0 aliphatic rings. The highest BCUT2D eigenvalue weighted by Crippen LogP contribution is 2.19. The van der Waals surface area contributed by atoms with Crippen LogP contribution in [0.15, 0.2) is 41.5 Å². The Hall–Kier alpha value is -3.00. The van der Waals surface area contributed by atoms with Crippen molar-refractivity contribution in [3.05, 3.63) is 51.9 Å². The number of hydrogen-bond donors (Lipinski definition) is 2. The average Bonchev–Trinajstić information content (AvgIpc) is 2.93. The first-order valence-electron chi connectivity index (χ1n) is 7.55. The minimum Gasteiger partial charge on any atom is -0.326 e. The van der Waals surface area contributed by atoms with Crippen LogP contribution < -0.4 is 16.2 Å². The summed E-state index contributed by atoms with van der Waals surface area (Å²) in [7, 11) is 0. The lowest BCUT2D eigenvalue weighted by Crippen LogP contribution is -2.27. The predicted molar refractivity (Wildman–Crippen MR) is 98.0 cm³/mol. The third kappa shape index (κ3) is 3.92. The van der Waals surface area contributed by atoms with E-state index < -0.39 is 0 Å². The van der Waals surface area contributed by atoms with E-state index >= 15 is 0 Å². The third-order valence-electron chi connectivity index (χ3n) is 3.44. The van der Waals surface area contributed by atoms with Gasteiger partial charge in [0, 0.05) is 23.2 Å². The normalized spacial score (nSPS) is 10.6. The maximum atomic E-state index is 12.4. The molecule has 0 spiro atoms. The monoisotopic (exact) mass is 356 g/mol. The number of hydrogen-bond acceptors (Lipinski definition) is 5. The van der Waals surface area contributed by atoms with Gasteiger partial charge in [-0.15, -0.1) is 11.3 Å². The first kappa shape index (κ1) is 16.8. The number of fused-ring (bicyclic) bond motifs is 1. The summed E-state index contributed by atoms with van der Waals surface area (Å²) in [5.74, 6) is -0.495. The van der Waals surface area contributed by atoms with Crippen LogP contribution in [0.1, 0.15) is 11.8 Å². The van der Waals surface area contributed by atoms with Crippen molar-refractivity contribution in [3.63, 3.8) is 0 Å². The maximum Gasteiger partial charge on any atom is 0.262 e. The molecule has 0 bridgehead atoms. The highest BCUT2D eigenvalue weighted by atomic mass is 32.1. The van der Waals surface area contributed by atoms with Gasteiger partial charge in [0.1, 0.15) is 11.4 Å². The van der Waals surface area contributed by atoms with Crippen molar-refractivity contribution in [2.45, 2.75) is 20.4 Å². The summed E-state index contributed by atoms with van der Waals surface area (Å²) < 4.78 is 1.29. The Morgan fingerprint density at radius 1 is 1.16 bits per heavy atom. The van der Waals surface area contributed by atoms with Crippen LogP contribution in [0.25, 0.3) is 10.2 Å². The fraction of sp³-hybridized carbons (Fsp3) is 0.176. The van der Waals surface area contributed by atoms with Gasteiger partial charge in [-0.25, -0.2) is 4.98 Å². The summed E-state index contributed by atoms with van der Waals surface area (Å²) in [5.41, 5.74) is 0.988. The van der Waals surface area contributed by atoms with Gasteiger partial charge in [0.05, 0.1) is 11.7 Å².